The molecule has 0 nitrogen and oxygen atoms in total. The number of rotatable bonds is 6. The van der Waals surface area contributed by atoms with Crippen LogP contribution in [0.3, 0.4) is 0 Å². The van der Waals surface area contributed by atoms with Crippen LogP contribution in [0.15, 0.2) is 0 Å². The fourth-order valence-electron chi connectivity index (χ4n) is 4.32. The van der Waals surface area contributed by atoms with Gasteiger partial charge in [-0.25, -0.2) is 0 Å². The summed E-state index contributed by atoms with van der Waals surface area (Å²) in [6.07, 6.45) is -112. The monoisotopic (exact) mass is 1760 g/mol. The first kappa shape index (κ1) is 109. The van der Waals surface area contributed by atoms with Gasteiger partial charge in [-0.05, 0) is 0 Å². The summed E-state index contributed by atoms with van der Waals surface area (Å²) < 4.78 is 791. The van der Waals surface area contributed by atoms with Crippen molar-refractivity contribution in [1.29, 1.82) is 0 Å². The van der Waals surface area contributed by atoms with Crippen molar-refractivity contribution in [3.05, 3.63) is 0 Å². The summed E-state index contributed by atoms with van der Waals surface area (Å²) in [7, 11) is -51.7. The summed E-state index contributed by atoms with van der Waals surface area (Å²) >= 11 is 0. The van der Waals surface area contributed by atoms with Crippen molar-refractivity contribution in [2.24, 2.45) is 0 Å². The van der Waals surface area contributed by atoms with Crippen LogP contribution in [0.4, 0.5) is 299 Å². The molecule has 0 rings (SSSR count). The standard InChI is InChI=1S/C6H2F15P.2C3F11P.2C3HF10P.2C3H2F6/c7-3(8,9)1(4(10,11)12)22(19,20,21)2(5(13,14)15)6(16,17)18;2*4-1(2(5,6)7,3(8,9)10)15(11,12,13)14;2*4-2(5,6)1(3(7,8)9)14(10,11,12)13;2*4-2(5,6)1-3(7,8)9/h1-2H;;;2*1H;2*1H2. The Labute approximate surface area is 484 Å². The second-order valence-electron chi connectivity index (χ2n) is 15.9. The van der Waals surface area contributed by atoms with E-state index >= 15 is 0 Å². The Morgan fingerprint density at radius 3 is 0.286 bits per heavy atom. The summed E-state index contributed by atoms with van der Waals surface area (Å²) in [5.74, 6) is 0. The van der Waals surface area contributed by atoms with Crippen molar-refractivity contribution in [3.63, 3.8) is 0 Å². The second kappa shape index (κ2) is 28.7. The molecule has 0 N–H and O–H groups in total. The van der Waals surface area contributed by atoms with Crippen LogP contribution in [0.2, 0.25) is 0 Å². The maximum Gasteiger partial charge on any atom is 0.397 e. The first-order valence-electron chi connectivity index (χ1n) is 18.9. The zero-order valence-electron chi connectivity index (χ0n) is 41.0. The molecule has 0 heterocycles. The average molecular weight is 1760 g/mol. The summed E-state index contributed by atoms with van der Waals surface area (Å²) in [5.41, 5.74) is -25.1. The van der Waals surface area contributed by atoms with Crippen molar-refractivity contribution in [1.82, 2.24) is 0 Å². The molecule has 0 amide bonds. The minimum absolute atomic E-state index is 2.71. The number of alkyl halides is 50. The molecule has 0 radical (unpaired) electrons. The molecule has 0 atom stereocenters. The zero-order chi connectivity index (χ0) is 84.0. The van der Waals surface area contributed by atoms with E-state index in [2.05, 4.69) is 0 Å². The molecule has 74 heteroatoms. The molecular formula is C24H8F69P5. The predicted molar refractivity (Wildman–Crippen MR) is 185 cm³/mol. The minimum atomic E-state index is -11.0. The van der Waals surface area contributed by atoms with E-state index in [1.165, 1.54) is 0 Å². The largest absolute Gasteiger partial charge is 0.397 e. The van der Waals surface area contributed by atoms with Crippen LogP contribution in [0, 0.1) is 0 Å². The van der Waals surface area contributed by atoms with Gasteiger partial charge in [-0.15, -0.1) is 0 Å². The average Bonchev–Trinajstić information content (AvgIpc) is 0.719. The van der Waals surface area contributed by atoms with Crippen molar-refractivity contribution < 1.29 is 299 Å². The molecule has 612 valence electrons. The van der Waals surface area contributed by atoms with E-state index in [-0.39, 0.29) is 0 Å². The molecule has 0 aromatic heterocycles. The van der Waals surface area contributed by atoms with Gasteiger partial charge in [0.1, 0.15) is 12.8 Å². The predicted octanol–water partition coefficient (Wildman–Crippen LogP) is 30.1. The van der Waals surface area contributed by atoms with Gasteiger partial charge in [0.25, 0.3) is 0 Å². The van der Waals surface area contributed by atoms with Crippen LogP contribution in [0.1, 0.15) is 12.8 Å². The van der Waals surface area contributed by atoms with Gasteiger partial charge in [0.05, 0.1) is 0 Å². The quantitative estimate of drug-likeness (QED) is 0.184. The SMILES string of the molecule is FC(F)(F)C(C(F)(F)F)P(F)(F)(F)C(C(F)(F)F)C(F)(F)F.FC(F)(F)C(C(F)(F)F)P(F)(F)(F)F.FC(F)(F)C(C(F)(F)F)P(F)(F)(F)F.FC(F)(F)C(F)(C(F)(F)F)P(F)(F)(F)F.FC(F)(F)C(F)(C(F)(F)F)P(F)(F)(F)F.FC(F)(F)CC(F)(F)F.FC(F)(F)CC(F)(F)F. The maximum atomic E-state index is 13.0. The van der Waals surface area contributed by atoms with Gasteiger partial charge >= 0.3 is 418 Å². The fraction of sp³-hybridized carbons (Fsp3) is 1.00. The van der Waals surface area contributed by atoms with E-state index in [1.54, 1.807) is 0 Å². The smallest absolute Gasteiger partial charge is 0.171 e. The number of hydrogen-bond donors (Lipinski definition) is 0. The maximum absolute atomic E-state index is 13.0. The molecule has 0 saturated carbocycles. The van der Waals surface area contributed by atoms with Crippen LogP contribution < -0.4 is 0 Å². The van der Waals surface area contributed by atoms with Crippen LogP contribution in [-0.2, 0) is 0 Å². The normalized spacial score (nSPS) is 17.4. The van der Waals surface area contributed by atoms with Gasteiger partial charge < -0.3 is 0 Å². The summed E-state index contributed by atoms with van der Waals surface area (Å²) in [6.45, 7) is 0. The molecular weight excluding hydrogens is 1750 g/mol. The van der Waals surface area contributed by atoms with Crippen LogP contribution >= 0.6 is 38.9 Å². The summed E-state index contributed by atoms with van der Waals surface area (Å²) in [5, 5.41) is -15.6. The van der Waals surface area contributed by atoms with Crippen molar-refractivity contribution >= 4 is 38.9 Å². The number of halogens is 69. The van der Waals surface area contributed by atoms with Gasteiger partial charge in [0, 0.05) is 0 Å². The van der Waals surface area contributed by atoms with Crippen molar-refractivity contribution in [2.45, 2.75) is 145 Å². The third-order valence-electron chi connectivity index (χ3n) is 7.38. The Morgan fingerprint density at radius 1 is 0.163 bits per heavy atom. The molecule has 0 unspecified atom stereocenters. The van der Waals surface area contributed by atoms with Crippen molar-refractivity contribution in [2.75, 3.05) is 0 Å². The molecule has 0 aliphatic rings. The third-order valence-corrected chi connectivity index (χ3v) is 15.9. The van der Waals surface area contributed by atoms with Crippen LogP contribution in [0.5, 0.6) is 0 Å². The van der Waals surface area contributed by atoms with E-state index in [9.17, 15) is 299 Å². The van der Waals surface area contributed by atoms with E-state index in [1.807, 2.05) is 0 Å². The number of hydrogen-bond acceptors (Lipinski definition) is 0. The fourth-order valence-corrected chi connectivity index (χ4v) is 9.93. The van der Waals surface area contributed by atoms with Crippen LogP contribution in [-0.4, -0.2) is 132 Å². The van der Waals surface area contributed by atoms with E-state index in [0.717, 1.165) is 0 Å². The zero-order valence-corrected chi connectivity index (χ0v) is 45.5. The van der Waals surface area contributed by atoms with Crippen molar-refractivity contribution in [3.8, 4) is 0 Å². The Kier molecular flexibility index (Phi) is 31.8. The Balaban J connectivity index is -0.000000201. The van der Waals surface area contributed by atoms with E-state index in [4.69, 9.17) is 0 Å². The summed E-state index contributed by atoms with van der Waals surface area (Å²) in [6, 6.07) is 0. The molecule has 0 aliphatic heterocycles. The molecule has 0 spiro atoms. The molecule has 0 aliphatic carbocycles. The Morgan fingerprint density at radius 2 is 0.265 bits per heavy atom. The molecule has 0 aromatic rings. The van der Waals surface area contributed by atoms with Gasteiger partial charge in [-0.3, -0.25) is 0 Å². The Bertz CT molecular complexity index is 2120. The molecule has 98 heavy (non-hydrogen) atoms. The molecule has 0 bridgehead atoms. The molecule has 0 saturated heterocycles. The minimum Gasteiger partial charge on any atom is -0.171 e. The van der Waals surface area contributed by atoms with Gasteiger partial charge in [0.15, 0.2) is 0 Å². The van der Waals surface area contributed by atoms with Gasteiger partial charge in [-0.2, -0.15) is 52.7 Å². The first-order chi connectivity index (χ1) is 39.7. The van der Waals surface area contributed by atoms with Crippen LogP contribution in [0.25, 0.3) is 0 Å². The van der Waals surface area contributed by atoms with E-state index in [0.29, 0.717) is 0 Å². The topological polar surface area (TPSA) is 0 Å². The molecule has 0 aromatic carbocycles. The second-order valence-corrected chi connectivity index (χ2v) is 27.0. The van der Waals surface area contributed by atoms with E-state index < -0.39 is 184 Å². The molecule has 0 fully saturated rings. The third kappa shape index (κ3) is 35.7. The first-order valence-corrected chi connectivity index (χ1v) is 28.2. The van der Waals surface area contributed by atoms with Gasteiger partial charge in [-0.1, -0.05) is 0 Å². The van der Waals surface area contributed by atoms with Gasteiger partial charge in [0.2, 0.25) is 0 Å². The Hall–Kier alpha value is -2.68. The summed E-state index contributed by atoms with van der Waals surface area (Å²) in [4.78, 5) is 0.